The van der Waals surface area contributed by atoms with Crippen LogP contribution in [0.3, 0.4) is 0 Å². The Morgan fingerprint density at radius 1 is 0.907 bits per heavy atom. The van der Waals surface area contributed by atoms with Crippen LogP contribution in [0.5, 0.6) is 0 Å². The highest BCUT2D eigenvalue weighted by molar-refractivity contribution is 6.69. The molecule has 0 amide bonds. The third-order valence-electron chi connectivity index (χ3n) is 3.81. The first kappa shape index (κ1) is 34.7. The van der Waals surface area contributed by atoms with Crippen molar-refractivity contribution in [2.75, 3.05) is 17.2 Å². The molecule has 22 nitrogen and oxygen atoms in total. The first-order chi connectivity index (χ1) is 20.5. The highest BCUT2D eigenvalue weighted by Gasteiger charge is 2.14. The maximum Gasteiger partial charge on any atom is 0.201 e. The van der Waals surface area contributed by atoms with E-state index in [1.807, 2.05) is 0 Å². The SMILES string of the molecule is N#CCC#N.N/C(=N\O)c1nonc1N.Nc1nonc1/C(Cl)=N/O.Nc1nonc1C(=Nc1ccc(F)c(Cl)c1)NO. The number of aliphatic imine (C=N–C) groups is 1. The van der Waals surface area contributed by atoms with Crippen LogP contribution in [0.2, 0.25) is 5.02 Å². The van der Waals surface area contributed by atoms with Crippen molar-refractivity contribution in [2.45, 2.75) is 6.42 Å². The van der Waals surface area contributed by atoms with Crippen LogP contribution in [0.4, 0.5) is 27.5 Å². The number of halogens is 3. The summed E-state index contributed by atoms with van der Waals surface area (Å²) in [5.41, 5.74) is 23.1. The second kappa shape index (κ2) is 18.1. The van der Waals surface area contributed by atoms with E-state index in [9.17, 15) is 4.39 Å². The van der Waals surface area contributed by atoms with E-state index in [4.69, 9.17) is 72.3 Å². The van der Waals surface area contributed by atoms with E-state index in [2.05, 4.69) is 60.1 Å². The fraction of sp³-hybridized carbons (Fsp3) is 0.0556. The molecular formula is C18H17Cl2FN16O6. The summed E-state index contributed by atoms with van der Waals surface area (Å²) in [6, 6.07) is 7.09. The van der Waals surface area contributed by atoms with Crippen molar-refractivity contribution in [1.29, 1.82) is 10.5 Å². The lowest BCUT2D eigenvalue weighted by atomic mass is 10.3. The zero-order valence-electron chi connectivity index (χ0n) is 20.9. The van der Waals surface area contributed by atoms with E-state index in [1.165, 1.54) is 12.1 Å². The van der Waals surface area contributed by atoms with Crippen LogP contribution in [0.1, 0.15) is 23.5 Å². The highest BCUT2D eigenvalue weighted by Crippen LogP contribution is 2.22. The van der Waals surface area contributed by atoms with Crippen LogP contribution in [-0.4, -0.2) is 63.4 Å². The largest absolute Gasteiger partial charge is 0.410 e. The quantitative estimate of drug-likeness (QED) is 0.0656. The third-order valence-corrected chi connectivity index (χ3v) is 4.35. The second-order valence-electron chi connectivity index (χ2n) is 6.53. The first-order valence-electron chi connectivity index (χ1n) is 10.3. The van der Waals surface area contributed by atoms with Gasteiger partial charge in [0, 0.05) is 0 Å². The fourth-order valence-corrected chi connectivity index (χ4v) is 2.32. The molecule has 0 unspecified atom stereocenters. The molecule has 0 saturated heterocycles. The summed E-state index contributed by atoms with van der Waals surface area (Å²) < 4.78 is 25.7. The molecule has 4 rings (SSSR count). The van der Waals surface area contributed by atoms with Gasteiger partial charge in [0.25, 0.3) is 0 Å². The minimum Gasteiger partial charge on any atom is -0.410 e. The number of nitrogens with zero attached hydrogens (tertiary/aromatic N) is 11. The predicted octanol–water partition coefficient (Wildman–Crippen LogP) is 0.698. The van der Waals surface area contributed by atoms with E-state index < -0.39 is 5.82 Å². The molecule has 12 N–H and O–H groups in total. The standard InChI is InChI=1S/C9H7ClFN5O2.C3H3ClN4O2.C3H5N5O2.C3H2N2/c10-5-3-4(1-2-6(5)11)13-9(14-17)7-8(12)16-18-15-7;2*4-2(6-9)1-3(5)8-10-7-1;4-2-1-3-5/h1-3,17H,(H2,12,16)(H,13,14);9H,(H2,5,8);9H,(H2,4,6)(H2,5,8);1H2/b;6-2-;;. The van der Waals surface area contributed by atoms with E-state index in [0.717, 1.165) is 6.07 Å². The van der Waals surface area contributed by atoms with Crippen LogP contribution in [-0.2, 0) is 0 Å². The molecule has 226 valence electrons. The van der Waals surface area contributed by atoms with Crippen LogP contribution in [0.25, 0.3) is 0 Å². The van der Waals surface area contributed by atoms with E-state index in [0.29, 0.717) is 5.69 Å². The van der Waals surface area contributed by atoms with Gasteiger partial charge in [0.2, 0.25) is 5.17 Å². The van der Waals surface area contributed by atoms with Crippen LogP contribution < -0.4 is 28.4 Å². The number of aromatic nitrogens is 6. The van der Waals surface area contributed by atoms with E-state index >= 15 is 0 Å². The lowest BCUT2D eigenvalue weighted by molar-refractivity contribution is 0.234. The van der Waals surface area contributed by atoms with Crippen LogP contribution in [0.15, 0.2) is 47.4 Å². The van der Waals surface area contributed by atoms with Gasteiger partial charge in [0.15, 0.2) is 46.2 Å². The summed E-state index contributed by atoms with van der Waals surface area (Å²) in [5, 5.41) is 65.0. The Bertz CT molecular complexity index is 1570. The third kappa shape index (κ3) is 11.0. The van der Waals surface area contributed by atoms with Crippen molar-refractivity contribution in [3.05, 3.63) is 46.1 Å². The molecule has 43 heavy (non-hydrogen) atoms. The van der Waals surface area contributed by atoms with Crippen molar-refractivity contribution in [3.63, 3.8) is 0 Å². The first-order valence-corrected chi connectivity index (χ1v) is 11.1. The Morgan fingerprint density at radius 2 is 1.42 bits per heavy atom. The zero-order chi connectivity index (χ0) is 32.4. The van der Waals surface area contributed by atoms with Crippen molar-refractivity contribution >= 4 is 63.2 Å². The van der Waals surface area contributed by atoms with Gasteiger partial charge in [-0.25, -0.2) is 23.3 Å². The Morgan fingerprint density at radius 3 is 1.79 bits per heavy atom. The average molecular weight is 643 g/mol. The van der Waals surface area contributed by atoms with Crippen molar-refractivity contribution in [1.82, 2.24) is 36.4 Å². The number of benzene rings is 1. The fourth-order valence-electron chi connectivity index (χ4n) is 2.02. The number of nitrogens with one attached hydrogen (secondary N) is 1. The maximum atomic E-state index is 13.0. The summed E-state index contributed by atoms with van der Waals surface area (Å²) in [7, 11) is 0. The molecule has 0 aliphatic carbocycles. The molecule has 25 heteroatoms. The molecule has 0 saturated carbocycles. The van der Waals surface area contributed by atoms with Gasteiger partial charge in [-0.3, -0.25) is 10.7 Å². The topological polar surface area (TPSA) is 378 Å². The molecular weight excluding hydrogens is 626 g/mol. The van der Waals surface area contributed by atoms with Gasteiger partial charge in [-0.2, -0.15) is 10.5 Å². The summed E-state index contributed by atoms with van der Waals surface area (Å²) in [5.74, 6) is -0.964. The van der Waals surface area contributed by atoms with Gasteiger partial charge >= 0.3 is 0 Å². The molecule has 0 bridgehead atoms. The van der Waals surface area contributed by atoms with Crippen molar-refractivity contribution in [2.24, 2.45) is 21.0 Å². The molecule has 0 fully saturated rings. The lowest BCUT2D eigenvalue weighted by Crippen LogP contribution is -2.21. The second-order valence-corrected chi connectivity index (χ2v) is 7.30. The predicted molar refractivity (Wildman–Crippen MR) is 141 cm³/mol. The van der Waals surface area contributed by atoms with Gasteiger partial charge in [-0.1, -0.05) is 33.5 Å². The number of amidine groups is 2. The number of hydrogen-bond acceptors (Lipinski definition) is 20. The maximum absolute atomic E-state index is 13.0. The normalized spacial score (nSPS) is 10.9. The molecule has 0 spiro atoms. The molecule has 0 radical (unpaired) electrons. The Kier molecular flexibility index (Phi) is 14.6. The monoisotopic (exact) mass is 642 g/mol. The number of anilines is 3. The lowest BCUT2D eigenvalue weighted by Gasteiger charge is -2.01. The van der Waals surface area contributed by atoms with Crippen LogP contribution >= 0.6 is 23.2 Å². The number of rotatable bonds is 4. The molecule has 0 aliphatic rings. The van der Waals surface area contributed by atoms with Crippen molar-refractivity contribution in [3.8, 4) is 12.1 Å². The number of hydrogen-bond donors (Lipinski definition) is 8. The minimum atomic E-state index is -0.572. The van der Waals surface area contributed by atoms with Gasteiger partial charge in [-0.05, 0) is 49.1 Å². The number of hydroxylamine groups is 1. The average Bonchev–Trinajstić information content (AvgIpc) is 3.75. The van der Waals surface area contributed by atoms with Crippen molar-refractivity contribution < 1.29 is 33.9 Å². The summed E-state index contributed by atoms with van der Waals surface area (Å²) in [6.07, 6.45) is 0. The van der Waals surface area contributed by atoms with Crippen LogP contribution in [0, 0.1) is 28.5 Å². The smallest absolute Gasteiger partial charge is 0.201 e. The van der Waals surface area contributed by atoms with Gasteiger partial charge in [-0.15, -0.1) is 0 Å². The van der Waals surface area contributed by atoms with E-state index in [1.54, 1.807) is 17.6 Å². The number of nitrogen functional groups attached to an aromatic ring is 3. The summed E-state index contributed by atoms with van der Waals surface area (Å²) >= 11 is 10.9. The minimum absolute atomic E-state index is 0. The highest BCUT2D eigenvalue weighted by atomic mass is 35.5. The Hall–Kier alpha value is -6.30. The summed E-state index contributed by atoms with van der Waals surface area (Å²) in [4.78, 5) is 3.94. The number of nitriles is 2. The molecule has 3 heterocycles. The Labute approximate surface area is 247 Å². The summed E-state index contributed by atoms with van der Waals surface area (Å²) in [6.45, 7) is 0. The number of nitrogens with two attached hydrogens (primary N) is 4. The van der Waals surface area contributed by atoms with Gasteiger partial charge in [0.1, 0.15) is 12.2 Å². The Balaban J connectivity index is 0.000000316. The molecule has 1 aromatic carbocycles. The van der Waals surface area contributed by atoms with Gasteiger partial charge in [0.05, 0.1) is 22.8 Å². The number of oxime groups is 2. The van der Waals surface area contributed by atoms with Gasteiger partial charge < -0.3 is 33.3 Å². The zero-order valence-corrected chi connectivity index (χ0v) is 22.4. The molecule has 0 atom stereocenters. The molecule has 3 aromatic heterocycles. The van der Waals surface area contributed by atoms with E-state index in [-0.39, 0.29) is 62.8 Å². The molecule has 4 aromatic rings. The molecule has 0 aliphatic heterocycles.